The second kappa shape index (κ2) is 7.51. The summed E-state index contributed by atoms with van der Waals surface area (Å²) in [6.07, 6.45) is -0.505. The van der Waals surface area contributed by atoms with Crippen LogP contribution in [0.3, 0.4) is 0 Å². The van der Waals surface area contributed by atoms with Gasteiger partial charge in [-0.3, -0.25) is 4.90 Å². The zero-order valence-corrected chi connectivity index (χ0v) is 14.8. The fraction of sp³-hybridized carbons (Fsp3) is 0.500. The number of hydrogen-bond donors (Lipinski definition) is 2. The molecule has 1 heterocycles. The summed E-state index contributed by atoms with van der Waals surface area (Å²) in [5.41, 5.74) is 0.910. The maximum Gasteiger partial charge on any atom is 0.126 e. The number of nitrogens with one attached hydrogen (secondary N) is 1. The molecule has 0 aromatic heterocycles. The Morgan fingerprint density at radius 3 is 2.46 bits per heavy atom. The first kappa shape index (κ1) is 17.2. The van der Waals surface area contributed by atoms with Gasteiger partial charge in [-0.2, -0.15) is 0 Å². The predicted octanol–water partition coefficient (Wildman–Crippen LogP) is 2.95. The van der Waals surface area contributed by atoms with Crippen LogP contribution in [-0.4, -0.2) is 48.3 Å². The van der Waals surface area contributed by atoms with Crippen molar-refractivity contribution in [2.24, 2.45) is 0 Å². The summed E-state index contributed by atoms with van der Waals surface area (Å²) < 4.78 is 6.02. The molecule has 0 saturated carbocycles. The highest BCUT2D eigenvalue weighted by Crippen LogP contribution is 2.36. The molecule has 0 bridgehead atoms. The number of benzene rings is 2. The fourth-order valence-electron chi connectivity index (χ4n) is 3.47. The summed E-state index contributed by atoms with van der Waals surface area (Å²) >= 11 is 0. The first-order valence-electron chi connectivity index (χ1n) is 8.89. The minimum atomic E-state index is -0.581. The Bertz CT molecular complexity index is 680. The van der Waals surface area contributed by atoms with Gasteiger partial charge >= 0.3 is 0 Å². The monoisotopic (exact) mass is 328 g/mol. The zero-order chi connectivity index (χ0) is 17.1. The second-order valence-electron chi connectivity index (χ2n) is 6.84. The summed E-state index contributed by atoms with van der Waals surface area (Å²) in [7, 11) is 0. The van der Waals surface area contributed by atoms with Gasteiger partial charge < -0.3 is 15.2 Å². The lowest BCUT2D eigenvalue weighted by atomic mass is 9.94. The van der Waals surface area contributed by atoms with Gasteiger partial charge in [0, 0.05) is 37.8 Å². The number of piperazine rings is 1. The van der Waals surface area contributed by atoms with Gasteiger partial charge in [0.25, 0.3) is 0 Å². The Kier molecular flexibility index (Phi) is 5.39. The number of nitrogens with zero attached hydrogens (tertiary/aromatic N) is 1. The van der Waals surface area contributed by atoms with Crippen LogP contribution >= 0.6 is 0 Å². The Labute approximate surface area is 144 Å². The van der Waals surface area contributed by atoms with E-state index in [4.69, 9.17) is 4.74 Å². The molecule has 2 atom stereocenters. The van der Waals surface area contributed by atoms with Crippen molar-refractivity contribution in [3.8, 4) is 5.75 Å². The largest absolute Gasteiger partial charge is 0.491 e. The van der Waals surface area contributed by atoms with Gasteiger partial charge in [0.05, 0.1) is 12.2 Å². The van der Waals surface area contributed by atoms with Crippen molar-refractivity contribution in [1.29, 1.82) is 0 Å². The standard InChI is InChI=1S/C20H28N2O2/c1-14(2)24-18-9-8-16-6-4-5-7-17(16)19(18)20(23)15(3)22-12-10-21-11-13-22/h4-9,14-15,20-21,23H,10-13H2,1-3H3. The van der Waals surface area contributed by atoms with Crippen LogP contribution in [0, 0.1) is 0 Å². The molecular weight excluding hydrogens is 300 g/mol. The predicted molar refractivity (Wildman–Crippen MR) is 98.6 cm³/mol. The van der Waals surface area contributed by atoms with Crippen LogP contribution in [0.4, 0.5) is 0 Å². The van der Waals surface area contributed by atoms with Crippen LogP contribution < -0.4 is 10.1 Å². The molecule has 0 amide bonds. The summed E-state index contributed by atoms with van der Waals surface area (Å²) in [6, 6.07) is 12.3. The van der Waals surface area contributed by atoms with Crippen molar-refractivity contribution < 1.29 is 9.84 Å². The van der Waals surface area contributed by atoms with Crippen molar-refractivity contribution in [3.63, 3.8) is 0 Å². The molecule has 24 heavy (non-hydrogen) atoms. The van der Waals surface area contributed by atoms with Gasteiger partial charge in [0.2, 0.25) is 0 Å². The van der Waals surface area contributed by atoms with E-state index in [-0.39, 0.29) is 12.1 Å². The Morgan fingerprint density at radius 1 is 1.04 bits per heavy atom. The number of hydrogen-bond acceptors (Lipinski definition) is 4. The molecule has 2 aromatic rings. The van der Waals surface area contributed by atoms with E-state index in [9.17, 15) is 5.11 Å². The van der Waals surface area contributed by atoms with Gasteiger partial charge in [0.15, 0.2) is 0 Å². The molecule has 2 unspecified atom stereocenters. The van der Waals surface area contributed by atoms with Crippen molar-refractivity contribution in [3.05, 3.63) is 42.0 Å². The highest BCUT2D eigenvalue weighted by molar-refractivity contribution is 5.88. The minimum absolute atomic E-state index is 0.0485. The summed E-state index contributed by atoms with van der Waals surface area (Å²) in [5, 5.41) is 16.8. The maximum absolute atomic E-state index is 11.2. The minimum Gasteiger partial charge on any atom is -0.491 e. The highest BCUT2D eigenvalue weighted by Gasteiger charge is 2.28. The Hall–Kier alpha value is -1.62. The van der Waals surface area contributed by atoms with E-state index >= 15 is 0 Å². The third-order valence-electron chi connectivity index (χ3n) is 4.77. The molecule has 1 aliphatic heterocycles. The summed E-state index contributed by atoms with van der Waals surface area (Å²) in [6.45, 7) is 10.0. The number of rotatable bonds is 5. The van der Waals surface area contributed by atoms with E-state index in [0.717, 1.165) is 48.3 Å². The molecule has 3 rings (SSSR count). The van der Waals surface area contributed by atoms with Crippen LogP contribution in [0.25, 0.3) is 10.8 Å². The second-order valence-corrected chi connectivity index (χ2v) is 6.84. The summed E-state index contributed by atoms with van der Waals surface area (Å²) in [5.74, 6) is 0.790. The first-order chi connectivity index (χ1) is 11.6. The fourth-order valence-corrected chi connectivity index (χ4v) is 3.47. The number of ether oxygens (including phenoxy) is 1. The van der Waals surface area contributed by atoms with E-state index in [1.165, 1.54) is 0 Å². The molecule has 2 N–H and O–H groups in total. The molecule has 2 aromatic carbocycles. The first-order valence-corrected chi connectivity index (χ1v) is 8.89. The van der Waals surface area contributed by atoms with Crippen molar-refractivity contribution in [1.82, 2.24) is 10.2 Å². The Morgan fingerprint density at radius 2 is 1.75 bits per heavy atom. The topological polar surface area (TPSA) is 44.7 Å². The van der Waals surface area contributed by atoms with Crippen molar-refractivity contribution >= 4 is 10.8 Å². The van der Waals surface area contributed by atoms with E-state index in [2.05, 4.69) is 35.3 Å². The normalized spacial score (nSPS) is 18.7. The number of aliphatic hydroxyl groups excluding tert-OH is 1. The molecule has 4 heteroatoms. The lowest BCUT2D eigenvalue weighted by Crippen LogP contribution is -2.49. The van der Waals surface area contributed by atoms with Crippen molar-refractivity contribution in [2.75, 3.05) is 26.2 Å². The molecule has 1 aliphatic rings. The molecule has 1 fully saturated rings. The molecule has 4 nitrogen and oxygen atoms in total. The number of aliphatic hydroxyl groups is 1. The molecule has 0 radical (unpaired) electrons. The third kappa shape index (κ3) is 3.56. The zero-order valence-electron chi connectivity index (χ0n) is 14.8. The molecule has 130 valence electrons. The average molecular weight is 328 g/mol. The molecule has 0 spiro atoms. The van der Waals surface area contributed by atoms with Gasteiger partial charge in [-0.25, -0.2) is 0 Å². The lowest BCUT2D eigenvalue weighted by Gasteiger charge is -2.36. The molecule has 0 aliphatic carbocycles. The van der Waals surface area contributed by atoms with Crippen LogP contribution in [0.15, 0.2) is 36.4 Å². The van der Waals surface area contributed by atoms with Crippen LogP contribution in [0.5, 0.6) is 5.75 Å². The van der Waals surface area contributed by atoms with E-state index in [1.54, 1.807) is 0 Å². The van der Waals surface area contributed by atoms with E-state index < -0.39 is 6.10 Å². The van der Waals surface area contributed by atoms with Gasteiger partial charge in [-0.15, -0.1) is 0 Å². The third-order valence-corrected chi connectivity index (χ3v) is 4.77. The number of fused-ring (bicyclic) bond motifs is 1. The summed E-state index contributed by atoms with van der Waals surface area (Å²) in [4.78, 5) is 2.35. The lowest BCUT2D eigenvalue weighted by molar-refractivity contribution is 0.0493. The average Bonchev–Trinajstić information content (AvgIpc) is 2.60. The SMILES string of the molecule is CC(C)Oc1ccc2ccccc2c1C(O)C(C)N1CCNCC1. The van der Waals surface area contributed by atoms with Crippen LogP contribution in [0.1, 0.15) is 32.4 Å². The van der Waals surface area contributed by atoms with Crippen LogP contribution in [0.2, 0.25) is 0 Å². The van der Waals surface area contributed by atoms with Gasteiger partial charge in [-0.1, -0.05) is 30.3 Å². The Balaban J connectivity index is 2.00. The quantitative estimate of drug-likeness (QED) is 0.886. The molecule has 1 saturated heterocycles. The highest BCUT2D eigenvalue weighted by atomic mass is 16.5. The maximum atomic E-state index is 11.2. The van der Waals surface area contributed by atoms with Gasteiger partial charge in [-0.05, 0) is 37.6 Å². The molecular formula is C20H28N2O2. The van der Waals surface area contributed by atoms with Gasteiger partial charge in [0.1, 0.15) is 5.75 Å². The van der Waals surface area contributed by atoms with E-state index in [1.807, 2.05) is 32.0 Å². The van der Waals surface area contributed by atoms with E-state index in [0.29, 0.717) is 0 Å². The van der Waals surface area contributed by atoms with Crippen molar-refractivity contribution in [2.45, 2.75) is 39.0 Å². The smallest absolute Gasteiger partial charge is 0.126 e. The van der Waals surface area contributed by atoms with Crippen LogP contribution in [-0.2, 0) is 0 Å².